The van der Waals surface area contributed by atoms with Crippen LogP contribution in [0.15, 0.2) is 0 Å². The van der Waals surface area contributed by atoms with Crippen molar-refractivity contribution in [2.24, 2.45) is 0 Å². The van der Waals surface area contributed by atoms with Crippen LogP contribution < -0.4 is 0 Å². The lowest BCUT2D eigenvalue weighted by atomic mass is 10.9. The lowest BCUT2D eigenvalue weighted by molar-refractivity contribution is 0.164. The van der Waals surface area contributed by atoms with E-state index in [2.05, 4.69) is 0 Å². The molecule has 1 aliphatic rings. The Morgan fingerprint density at radius 3 is 2.09 bits per heavy atom. The van der Waals surface area contributed by atoms with Gasteiger partial charge in [-0.15, -0.1) is 0 Å². The molecule has 0 N–H and O–H groups in total. The van der Waals surface area contributed by atoms with Crippen molar-refractivity contribution in [1.29, 1.82) is 0 Å². The Morgan fingerprint density at radius 2 is 1.73 bits per heavy atom. The van der Waals surface area contributed by atoms with Crippen LogP contribution in [-0.4, -0.2) is 19.3 Å². The summed E-state index contributed by atoms with van der Waals surface area (Å²) in [5.41, 5.74) is 0. The summed E-state index contributed by atoms with van der Waals surface area (Å²) in [4.78, 5) is 0. The summed E-state index contributed by atoms with van der Waals surface area (Å²) < 4.78 is 16.0. The van der Waals surface area contributed by atoms with Gasteiger partial charge < -0.3 is 13.6 Å². The van der Waals surface area contributed by atoms with Gasteiger partial charge >= 0.3 is 8.60 Å². The molecule has 1 rings (SSSR count). The first kappa shape index (κ1) is 9.40. The van der Waals surface area contributed by atoms with Crippen LogP contribution in [0, 0.1) is 0 Å². The molecule has 0 aliphatic heterocycles. The first-order valence-corrected chi connectivity index (χ1v) is 5.19. The van der Waals surface area contributed by atoms with E-state index in [1.54, 1.807) is 0 Å². The zero-order chi connectivity index (χ0) is 8.10. The molecule has 4 heteroatoms. The molecule has 0 heterocycles. The highest BCUT2D eigenvalue weighted by molar-refractivity contribution is 7.41. The maximum absolute atomic E-state index is 5.46. The maximum atomic E-state index is 5.46. The normalized spacial score (nSPS) is 17.7. The minimum absolute atomic E-state index is 0.416. The van der Waals surface area contributed by atoms with Gasteiger partial charge in [-0.1, -0.05) is 0 Å². The second-order valence-corrected chi connectivity index (χ2v) is 3.54. The van der Waals surface area contributed by atoms with Crippen molar-refractivity contribution in [3.05, 3.63) is 0 Å². The van der Waals surface area contributed by atoms with E-state index in [1.165, 1.54) is 12.8 Å². The maximum Gasteiger partial charge on any atom is 0.332 e. The molecular weight excluding hydrogens is 163 g/mol. The van der Waals surface area contributed by atoms with Gasteiger partial charge in [0.05, 0.1) is 19.3 Å². The second-order valence-electron chi connectivity index (χ2n) is 2.36. The van der Waals surface area contributed by atoms with Crippen LogP contribution in [0.3, 0.4) is 0 Å². The van der Waals surface area contributed by atoms with Gasteiger partial charge in [0.15, 0.2) is 0 Å². The third kappa shape index (κ3) is 4.02. The summed E-state index contributed by atoms with van der Waals surface area (Å²) in [6.07, 6.45) is 2.75. The largest absolute Gasteiger partial charge is 0.332 e. The third-order valence-electron chi connectivity index (χ3n) is 1.23. The van der Waals surface area contributed by atoms with E-state index in [-0.39, 0.29) is 0 Å². The van der Waals surface area contributed by atoms with Gasteiger partial charge in [-0.25, -0.2) is 0 Å². The Morgan fingerprint density at radius 1 is 1.18 bits per heavy atom. The van der Waals surface area contributed by atoms with Crippen LogP contribution in [0.2, 0.25) is 0 Å². The standard InChI is InChI=1S/C7H15O3P/c1-3-8-11(9-4-2)10-7-5-6-7/h7H,3-6H2,1-2H3. The summed E-state index contributed by atoms with van der Waals surface area (Å²) in [7, 11) is -1.04. The Labute approximate surface area is 69.0 Å². The minimum atomic E-state index is -1.04. The highest BCUT2D eigenvalue weighted by Gasteiger charge is 2.27. The average Bonchev–Trinajstić information content (AvgIpc) is 2.73. The van der Waals surface area contributed by atoms with Crippen LogP contribution >= 0.6 is 8.60 Å². The van der Waals surface area contributed by atoms with Crippen LogP contribution in [0.1, 0.15) is 26.7 Å². The highest BCUT2D eigenvalue weighted by atomic mass is 31.2. The molecule has 0 aromatic heterocycles. The SMILES string of the molecule is CCOP(OCC)OC1CC1. The zero-order valence-electron chi connectivity index (χ0n) is 7.08. The Hall–Kier alpha value is 0.310. The first-order valence-electron chi connectivity index (χ1n) is 4.09. The third-order valence-corrected chi connectivity index (χ3v) is 2.64. The molecule has 0 radical (unpaired) electrons. The Kier molecular flexibility index (Phi) is 4.31. The predicted octanol–water partition coefficient (Wildman–Crippen LogP) is 2.47. The molecule has 0 unspecified atom stereocenters. The van der Waals surface area contributed by atoms with Crippen molar-refractivity contribution in [1.82, 2.24) is 0 Å². The van der Waals surface area contributed by atoms with E-state index in [9.17, 15) is 0 Å². The number of hydrogen-bond donors (Lipinski definition) is 0. The van der Waals surface area contributed by atoms with Crippen molar-refractivity contribution < 1.29 is 13.6 Å². The molecule has 0 saturated heterocycles. The molecule has 0 aromatic carbocycles. The van der Waals surface area contributed by atoms with E-state index >= 15 is 0 Å². The molecule has 0 spiro atoms. The van der Waals surface area contributed by atoms with Gasteiger partial charge in [0, 0.05) is 0 Å². The Bertz CT molecular complexity index is 99.9. The highest BCUT2D eigenvalue weighted by Crippen LogP contribution is 2.45. The summed E-state index contributed by atoms with van der Waals surface area (Å²) >= 11 is 0. The minimum Gasteiger partial charge on any atom is -0.313 e. The van der Waals surface area contributed by atoms with Gasteiger partial charge in [-0.05, 0) is 26.7 Å². The molecule has 66 valence electrons. The average molecular weight is 178 g/mol. The molecule has 11 heavy (non-hydrogen) atoms. The fourth-order valence-electron chi connectivity index (χ4n) is 0.604. The molecule has 3 nitrogen and oxygen atoms in total. The zero-order valence-corrected chi connectivity index (χ0v) is 7.97. The number of rotatable bonds is 6. The summed E-state index contributed by atoms with van der Waals surface area (Å²) in [6, 6.07) is 0. The summed E-state index contributed by atoms with van der Waals surface area (Å²) in [6.45, 7) is 5.23. The van der Waals surface area contributed by atoms with E-state index < -0.39 is 8.60 Å². The lowest BCUT2D eigenvalue weighted by Gasteiger charge is -2.13. The van der Waals surface area contributed by atoms with Crippen molar-refractivity contribution in [3.8, 4) is 0 Å². The smallest absolute Gasteiger partial charge is 0.313 e. The molecule has 0 bridgehead atoms. The second kappa shape index (κ2) is 5.04. The number of hydrogen-bond acceptors (Lipinski definition) is 3. The fourth-order valence-corrected chi connectivity index (χ4v) is 1.68. The van der Waals surface area contributed by atoms with Crippen LogP contribution in [0.25, 0.3) is 0 Å². The van der Waals surface area contributed by atoms with Crippen LogP contribution in [0.5, 0.6) is 0 Å². The van der Waals surface area contributed by atoms with Crippen LogP contribution in [-0.2, 0) is 13.6 Å². The molecule has 0 amide bonds. The molecule has 1 aliphatic carbocycles. The molecule has 0 atom stereocenters. The van der Waals surface area contributed by atoms with Gasteiger partial charge in [-0.3, -0.25) is 0 Å². The molecule has 0 aromatic rings. The van der Waals surface area contributed by atoms with Gasteiger partial charge in [0.2, 0.25) is 0 Å². The Balaban J connectivity index is 2.08. The molecule has 1 saturated carbocycles. The van der Waals surface area contributed by atoms with Crippen molar-refractivity contribution in [3.63, 3.8) is 0 Å². The van der Waals surface area contributed by atoms with E-state index in [4.69, 9.17) is 13.6 Å². The van der Waals surface area contributed by atoms with Crippen molar-refractivity contribution in [2.45, 2.75) is 32.8 Å². The van der Waals surface area contributed by atoms with E-state index in [0.29, 0.717) is 19.3 Å². The molecular formula is C7H15O3P. The summed E-state index contributed by atoms with van der Waals surface area (Å²) in [5, 5.41) is 0. The molecule has 1 fully saturated rings. The first-order chi connectivity index (χ1) is 5.36. The summed E-state index contributed by atoms with van der Waals surface area (Å²) in [5.74, 6) is 0. The van der Waals surface area contributed by atoms with Gasteiger partial charge in [0.25, 0.3) is 0 Å². The predicted molar refractivity (Wildman–Crippen MR) is 44.3 cm³/mol. The van der Waals surface area contributed by atoms with Crippen molar-refractivity contribution >= 4 is 8.60 Å². The van der Waals surface area contributed by atoms with E-state index in [0.717, 1.165) is 0 Å². The topological polar surface area (TPSA) is 27.7 Å². The quantitative estimate of drug-likeness (QED) is 0.585. The lowest BCUT2D eigenvalue weighted by Crippen LogP contribution is -1.96. The van der Waals surface area contributed by atoms with Gasteiger partial charge in [-0.2, -0.15) is 0 Å². The monoisotopic (exact) mass is 178 g/mol. The van der Waals surface area contributed by atoms with Crippen molar-refractivity contribution in [2.75, 3.05) is 13.2 Å². The van der Waals surface area contributed by atoms with E-state index in [1.807, 2.05) is 13.8 Å². The fraction of sp³-hybridized carbons (Fsp3) is 1.00. The van der Waals surface area contributed by atoms with Crippen LogP contribution in [0.4, 0.5) is 0 Å². The van der Waals surface area contributed by atoms with Gasteiger partial charge in [0.1, 0.15) is 0 Å².